The minimum atomic E-state index is -0.731. The summed E-state index contributed by atoms with van der Waals surface area (Å²) in [4.78, 5) is 31.0. The van der Waals surface area contributed by atoms with E-state index in [9.17, 15) is 14.7 Å². The summed E-state index contributed by atoms with van der Waals surface area (Å²) in [6, 6.07) is 21.5. The third kappa shape index (κ3) is 5.14. The number of amides is 1. The van der Waals surface area contributed by atoms with Gasteiger partial charge in [0.2, 0.25) is 0 Å². The molecule has 206 valence electrons. The summed E-state index contributed by atoms with van der Waals surface area (Å²) in [5, 5.41) is 12.6. The maximum absolute atomic E-state index is 14.2. The lowest BCUT2D eigenvalue weighted by Gasteiger charge is -2.60. The van der Waals surface area contributed by atoms with Gasteiger partial charge in [-0.1, -0.05) is 56.3 Å². The van der Waals surface area contributed by atoms with Crippen LogP contribution < -0.4 is 0 Å². The number of phenolic OH excluding ortho intramolecular Hbond substituents is 1. The molecule has 3 unspecified atom stereocenters. The minimum absolute atomic E-state index is 0.0270. The molecule has 1 saturated heterocycles. The van der Waals surface area contributed by atoms with Gasteiger partial charge in [0.1, 0.15) is 11.4 Å². The molecule has 2 aliphatic rings. The first-order valence-electron chi connectivity index (χ1n) is 14.1. The van der Waals surface area contributed by atoms with Gasteiger partial charge in [0.25, 0.3) is 5.91 Å². The van der Waals surface area contributed by atoms with Crippen molar-refractivity contribution in [3.63, 3.8) is 0 Å². The maximum Gasteiger partial charge on any atom is 0.303 e. The average molecular weight is 529 g/mol. The number of esters is 1. The van der Waals surface area contributed by atoms with Crippen molar-refractivity contribution in [2.24, 2.45) is 5.92 Å². The molecule has 2 fully saturated rings. The van der Waals surface area contributed by atoms with Crippen molar-refractivity contribution in [2.75, 3.05) is 26.7 Å². The van der Waals surface area contributed by atoms with E-state index in [1.807, 2.05) is 54.6 Å². The van der Waals surface area contributed by atoms with Gasteiger partial charge < -0.3 is 19.6 Å². The minimum Gasteiger partial charge on any atom is -0.508 e. The second kappa shape index (κ2) is 10.6. The van der Waals surface area contributed by atoms with Crippen LogP contribution in [0.3, 0.4) is 0 Å². The molecule has 1 heterocycles. The number of phenols is 1. The topological polar surface area (TPSA) is 70.1 Å². The first-order valence-corrected chi connectivity index (χ1v) is 14.1. The summed E-state index contributed by atoms with van der Waals surface area (Å²) >= 11 is 0. The molecular weight excluding hydrogens is 488 g/mol. The van der Waals surface area contributed by atoms with Gasteiger partial charge in [-0.05, 0) is 85.8 Å². The van der Waals surface area contributed by atoms with Gasteiger partial charge in [0.05, 0.1) is 0 Å². The van der Waals surface area contributed by atoms with Crippen LogP contribution >= 0.6 is 0 Å². The Labute approximate surface area is 231 Å². The molecule has 1 saturated carbocycles. The zero-order valence-electron chi connectivity index (χ0n) is 23.5. The normalized spacial score (nSPS) is 25.3. The highest BCUT2D eigenvalue weighted by Gasteiger charge is 2.61. The second-order valence-electron chi connectivity index (χ2n) is 12.0. The molecule has 6 nitrogen and oxygen atoms in total. The van der Waals surface area contributed by atoms with Crippen LogP contribution in [0, 0.1) is 5.92 Å². The van der Waals surface area contributed by atoms with Crippen LogP contribution in [0.15, 0.2) is 66.7 Å². The molecule has 1 amide bonds. The first kappa shape index (κ1) is 27.2. The number of likely N-dealkylation sites (tertiary alicyclic amines) is 1. The fraction of sp³-hybridized carbons (Fsp3) is 0.455. The van der Waals surface area contributed by atoms with E-state index in [0.717, 1.165) is 35.7 Å². The molecule has 5 rings (SSSR count). The fourth-order valence-corrected chi connectivity index (χ4v) is 7.12. The van der Waals surface area contributed by atoms with Gasteiger partial charge in [-0.25, -0.2) is 0 Å². The molecule has 0 radical (unpaired) electrons. The summed E-state index contributed by atoms with van der Waals surface area (Å²) in [6.45, 7) is 7.89. The number of hydrogen-bond donors (Lipinski definition) is 1. The highest BCUT2D eigenvalue weighted by atomic mass is 16.6. The van der Waals surface area contributed by atoms with Gasteiger partial charge in [0, 0.05) is 37.0 Å². The van der Waals surface area contributed by atoms with Crippen LogP contribution in [0.4, 0.5) is 0 Å². The van der Waals surface area contributed by atoms with Gasteiger partial charge in [0.15, 0.2) is 0 Å². The Morgan fingerprint density at radius 2 is 1.82 bits per heavy atom. The van der Waals surface area contributed by atoms with E-state index in [0.29, 0.717) is 37.4 Å². The number of hydrogen-bond acceptors (Lipinski definition) is 5. The first-order chi connectivity index (χ1) is 18.6. The molecule has 6 heteroatoms. The van der Waals surface area contributed by atoms with Gasteiger partial charge >= 0.3 is 5.97 Å². The number of fused-ring (bicyclic) bond motifs is 2. The number of ether oxygens (including phenoxy) is 1. The quantitative estimate of drug-likeness (QED) is 0.411. The molecule has 0 aromatic heterocycles. The largest absolute Gasteiger partial charge is 0.508 e. The maximum atomic E-state index is 14.2. The molecule has 0 bridgehead atoms. The molecule has 1 aliphatic carbocycles. The van der Waals surface area contributed by atoms with Crippen LogP contribution in [0.2, 0.25) is 0 Å². The van der Waals surface area contributed by atoms with Crippen LogP contribution in [-0.4, -0.2) is 65.1 Å². The lowest BCUT2D eigenvalue weighted by atomic mass is 9.55. The predicted octanol–water partition coefficient (Wildman–Crippen LogP) is 5.77. The Hall–Kier alpha value is -3.38. The molecular formula is C33H40N2O4. The smallest absolute Gasteiger partial charge is 0.303 e. The van der Waals surface area contributed by atoms with Crippen molar-refractivity contribution < 1.29 is 19.4 Å². The van der Waals surface area contributed by atoms with Crippen LogP contribution in [0.1, 0.15) is 62.4 Å². The number of nitrogens with zero attached hydrogens (tertiary/aromatic N) is 2. The lowest BCUT2D eigenvalue weighted by molar-refractivity contribution is -0.187. The molecule has 1 aliphatic heterocycles. The standard InChI is InChI=1S/C33H40N2O4/c1-23(2)21-35(31(38)27-13-12-25-8-5-6-9-26(25)18-27)29-14-15-33(39-24(3)36)22-34(4)17-16-32(33,20-29)28-10-7-11-30(37)19-28/h5-13,18-19,23,29,37H,14-17,20-22H2,1-4H3. The van der Waals surface area contributed by atoms with Gasteiger partial charge in [-0.3, -0.25) is 9.59 Å². The Kier molecular flexibility index (Phi) is 7.43. The number of rotatable bonds is 6. The summed E-state index contributed by atoms with van der Waals surface area (Å²) in [6.07, 6.45) is 2.84. The van der Waals surface area contributed by atoms with Crippen molar-refractivity contribution in [3.05, 3.63) is 77.9 Å². The van der Waals surface area contributed by atoms with E-state index in [-0.39, 0.29) is 23.7 Å². The predicted molar refractivity (Wildman–Crippen MR) is 154 cm³/mol. The van der Waals surface area contributed by atoms with Gasteiger partial charge in [-0.2, -0.15) is 0 Å². The number of carbonyl (C=O) groups is 2. The fourth-order valence-electron chi connectivity index (χ4n) is 7.12. The van der Waals surface area contributed by atoms with E-state index >= 15 is 0 Å². The van der Waals surface area contributed by atoms with Crippen molar-refractivity contribution >= 4 is 22.6 Å². The second-order valence-corrected chi connectivity index (χ2v) is 12.0. The van der Waals surface area contributed by atoms with E-state index in [4.69, 9.17) is 4.74 Å². The third-order valence-electron chi connectivity index (χ3n) is 8.78. The number of piperidine rings is 1. The molecule has 3 aromatic rings. The van der Waals surface area contributed by atoms with E-state index in [1.54, 1.807) is 6.07 Å². The summed E-state index contributed by atoms with van der Waals surface area (Å²) < 4.78 is 6.29. The zero-order chi connectivity index (χ0) is 27.8. The molecule has 0 spiro atoms. The van der Waals surface area contributed by atoms with Crippen LogP contribution in [0.5, 0.6) is 5.75 Å². The number of carbonyl (C=O) groups excluding carboxylic acids is 2. The van der Waals surface area contributed by atoms with Crippen LogP contribution in [-0.2, 0) is 14.9 Å². The number of likely N-dealkylation sites (N-methyl/N-ethyl adjacent to an activating group) is 1. The highest BCUT2D eigenvalue weighted by molar-refractivity contribution is 5.98. The van der Waals surface area contributed by atoms with Crippen molar-refractivity contribution in [2.45, 2.75) is 63.5 Å². The Morgan fingerprint density at radius 3 is 2.54 bits per heavy atom. The highest BCUT2D eigenvalue weighted by Crippen LogP contribution is 2.54. The Bertz CT molecular complexity index is 1370. The van der Waals surface area contributed by atoms with E-state index < -0.39 is 11.0 Å². The lowest BCUT2D eigenvalue weighted by Crippen LogP contribution is -2.68. The van der Waals surface area contributed by atoms with Crippen molar-refractivity contribution in [3.8, 4) is 5.75 Å². The molecule has 3 atom stereocenters. The van der Waals surface area contributed by atoms with E-state index in [1.165, 1.54) is 6.92 Å². The average Bonchev–Trinajstić information content (AvgIpc) is 2.90. The van der Waals surface area contributed by atoms with E-state index in [2.05, 4.69) is 36.8 Å². The summed E-state index contributed by atoms with van der Waals surface area (Å²) in [7, 11) is 2.07. The number of benzene rings is 3. The summed E-state index contributed by atoms with van der Waals surface area (Å²) in [5.74, 6) is 0.243. The number of aromatic hydroxyl groups is 1. The molecule has 3 aromatic carbocycles. The van der Waals surface area contributed by atoms with Crippen LogP contribution in [0.25, 0.3) is 10.8 Å². The Balaban J connectivity index is 1.57. The molecule has 39 heavy (non-hydrogen) atoms. The monoisotopic (exact) mass is 528 g/mol. The van der Waals surface area contributed by atoms with Crippen molar-refractivity contribution in [1.82, 2.24) is 9.80 Å². The molecule has 1 N–H and O–H groups in total. The Morgan fingerprint density at radius 1 is 1.05 bits per heavy atom. The third-order valence-corrected chi connectivity index (χ3v) is 8.78. The van der Waals surface area contributed by atoms with Gasteiger partial charge in [-0.15, -0.1) is 0 Å². The van der Waals surface area contributed by atoms with Crippen molar-refractivity contribution in [1.29, 1.82) is 0 Å². The SMILES string of the molecule is CC(=O)OC12CCC(N(CC(C)C)C(=O)c3ccc4ccccc4c3)CC1(c1cccc(O)c1)CCN(C)C2. The summed E-state index contributed by atoms with van der Waals surface area (Å²) in [5.41, 5.74) is 0.419. The zero-order valence-corrected chi connectivity index (χ0v) is 23.5.